The Balaban J connectivity index is 2.05. The molecule has 19 heavy (non-hydrogen) atoms. The molecule has 104 valence electrons. The second kappa shape index (κ2) is 6.11. The minimum absolute atomic E-state index is 0.530. The fourth-order valence-corrected chi connectivity index (χ4v) is 3.39. The SMILES string of the molecule is C[Si](C)(C)CCOCn1cc(I)c2nc(Cl)ccc21. The molecular weight excluding hydrogens is 391 g/mol. The highest BCUT2D eigenvalue weighted by Crippen LogP contribution is 2.23. The smallest absolute Gasteiger partial charge is 0.129 e. The van der Waals surface area contributed by atoms with Gasteiger partial charge < -0.3 is 9.30 Å². The number of aromatic nitrogens is 2. The number of halogens is 2. The maximum absolute atomic E-state index is 5.93. The summed E-state index contributed by atoms with van der Waals surface area (Å²) in [5.74, 6) is 0. The lowest BCUT2D eigenvalue weighted by molar-refractivity contribution is 0.0901. The van der Waals surface area contributed by atoms with Crippen molar-refractivity contribution in [2.24, 2.45) is 0 Å². The molecule has 0 amide bonds. The van der Waals surface area contributed by atoms with Crippen molar-refractivity contribution in [3.8, 4) is 0 Å². The van der Waals surface area contributed by atoms with Crippen LogP contribution in [-0.4, -0.2) is 24.2 Å². The highest BCUT2D eigenvalue weighted by atomic mass is 127. The van der Waals surface area contributed by atoms with Gasteiger partial charge in [0.15, 0.2) is 0 Å². The summed E-state index contributed by atoms with van der Waals surface area (Å²) in [6.45, 7) is 8.48. The lowest BCUT2D eigenvalue weighted by Crippen LogP contribution is -2.21. The summed E-state index contributed by atoms with van der Waals surface area (Å²) in [6, 6.07) is 5.00. The van der Waals surface area contributed by atoms with Crippen molar-refractivity contribution in [2.45, 2.75) is 32.4 Å². The minimum Gasteiger partial charge on any atom is -0.361 e. The molecule has 2 aromatic heterocycles. The molecule has 0 aliphatic carbocycles. The van der Waals surface area contributed by atoms with E-state index in [0.29, 0.717) is 11.9 Å². The van der Waals surface area contributed by atoms with Crippen molar-refractivity contribution in [1.82, 2.24) is 9.55 Å². The molecule has 0 bridgehead atoms. The van der Waals surface area contributed by atoms with E-state index < -0.39 is 8.07 Å². The highest BCUT2D eigenvalue weighted by Gasteiger charge is 2.13. The predicted octanol–water partition coefficient (Wildman–Crippen LogP) is 4.61. The second-order valence-corrected chi connectivity index (χ2v) is 13.0. The van der Waals surface area contributed by atoms with Gasteiger partial charge in [-0.1, -0.05) is 31.2 Å². The van der Waals surface area contributed by atoms with Crippen LogP contribution < -0.4 is 0 Å². The van der Waals surface area contributed by atoms with Crippen LogP contribution in [-0.2, 0) is 11.5 Å². The average Bonchev–Trinajstić information content (AvgIpc) is 2.60. The van der Waals surface area contributed by atoms with Crippen LogP contribution in [0.25, 0.3) is 11.0 Å². The molecule has 3 nitrogen and oxygen atoms in total. The van der Waals surface area contributed by atoms with Crippen molar-refractivity contribution < 1.29 is 4.74 Å². The normalized spacial score (nSPS) is 12.3. The van der Waals surface area contributed by atoms with Crippen LogP contribution in [0.1, 0.15) is 0 Å². The zero-order chi connectivity index (χ0) is 14.0. The van der Waals surface area contributed by atoms with Crippen LogP contribution in [0.4, 0.5) is 0 Å². The van der Waals surface area contributed by atoms with E-state index in [4.69, 9.17) is 16.3 Å². The molecule has 0 saturated carbocycles. The molecule has 0 radical (unpaired) electrons. The van der Waals surface area contributed by atoms with E-state index in [2.05, 4.69) is 58.0 Å². The summed E-state index contributed by atoms with van der Waals surface area (Å²) in [4.78, 5) is 4.35. The topological polar surface area (TPSA) is 27.1 Å². The van der Waals surface area contributed by atoms with Gasteiger partial charge in [0, 0.05) is 20.9 Å². The third-order valence-electron chi connectivity index (χ3n) is 2.87. The third kappa shape index (κ3) is 4.17. The van der Waals surface area contributed by atoms with Crippen molar-refractivity contribution in [1.29, 1.82) is 0 Å². The standard InChI is InChI=1S/C13H18ClIN2OSi/c1-19(2,3)7-6-18-9-17-8-10(15)13-11(17)4-5-12(14)16-13/h4-5,8H,6-7,9H2,1-3H3. The van der Waals surface area contributed by atoms with E-state index in [0.717, 1.165) is 21.2 Å². The first-order valence-corrected chi connectivity index (χ1v) is 11.4. The van der Waals surface area contributed by atoms with E-state index in [1.807, 2.05) is 12.1 Å². The van der Waals surface area contributed by atoms with Gasteiger partial charge >= 0.3 is 0 Å². The lowest BCUT2D eigenvalue weighted by Gasteiger charge is -2.15. The fourth-order valence-electron chi connectivity index (χ4n) is 1.75. The molecule has 0 spiro atoms. The number of hydrogen-bond donors (Lipinski definition) is 0. The summed E-state index contributed by atoms with van der Waals surface area (Å²) in [5, 5.41) is 0.530. The molecule has 0 saturated heterocycles. The van der Waals surface area contributed by atoms with Crippen LogP contribution >= 0.6 is 34.2 Å². The van der Waals surface area contributed by atoms with Gasteiger partial charge in [-0.3, -0.25) is 0 Å². The Morgan fingerprint density at radius 2 is 2.11 bits per heavy atom. The number of hydrogen-bond acceptors (Lipinski definition) is 2. The molecular formula is C13H18ClIN2OSi. The molecule has 2 heterocycles. The fraction of sp³-hybridized carbons (Fsp3) is 0.462. The predicted molar refractivity (Wildman–Crippen MR) is 91.6 cm³/mol. The van der Waals surface area contributed by atoms with Gasteiger partial charge in [-0.25, -0.2) is 4.98 Å². The summed E-state index contributed by atoms with van der Waals surface area (Å²) in [6.07, 6.45) is 2.06. The van der Waals surface area contributed by atoms with E-state index in [9.17, 15) is 0 Å². The first-order chi connectivity index (χ1) is 8.87. The molecule has 0 aromatic carbocycles. The number of ether oxygens (including phenoxy) is 1. The minimum atomic E-state index is -1.02. The van der Waals surface area contributed by atoms with Crippen LogP contribution in [0.15, 0.2) is 18.3 Å². The van der Waals surface area contributed by atoms with E-state index >= 15 is 0 Å². The van der Waals surface area contributed by atoms with Gasteiger partial charge in [-0.05, 0) is 40.8 Å². The molecule has 0 fully saturated rings. The van der Waals surface area contributed by atoms with Gasteiger partial charge in [0.2, 0.25) is 0 Å². The molecule has 0 aliphatic rings. The monoisotopic (exact) mass is 408 g/mol. The molecule has 0 atom stereocenters. The Morgan fingerprint density at radius 1 is 1.37 bits per heavy atom. The highest BCUT2D eigenvalue weighted by molar-refractivity contribution is 14.1. The summed E-state index contributed by atoms with van der Waals surface area (Å²) in [5.41, 5.74) is 2.02. The van der Waals surface area contributed by atoms with E-state index in [1.54, 1.807) is 0 Å². The van der Waals surface area contributed by atoms with Gasteiger partial charge in [-0.2, -0.15) is 0 Å². The zero-order valence-electron chi connectivity index (χ0n) is 11.4. The van der Waals surface area contributed by atoms with Gasteiger partial charge in [0.05, 0.1) is 9.09 Å². The largest absolute Gasteiger partial charge is 0.361 e. The number of rotatable bonds is 5. The third-order valence-corrected chi connectivity index (χ3v) is 5.58. The van der Waals surface area contributed by atoms with Crippen molar-refractivity contribution >= 4 is 53.3 Å². The average molecular weight is 409 g/mol. The summed E-state index contributed by atoms with van der Waals surface area (Å²) >= 11 is 8.21. The van der Waals surface area contributed by atoms with Crippen LogP contribution in [0.5, 0.6) is 0 Å². The van der Waals surface area contributed by atoms with E-state index in [1.165, 1.54) is 6.04 Å². The number of nitrogens with zero attached hydrogens (tertiary/aromatic N) is 2. The quantitative estimate of drug-likeness (QED) is 0.313. The number of pyridine rings is 1. The second-order valence-electron chi connectivity index (χ2n) is 5.80. The summed E-state index contributed by atoms with van der Waals surface area (Å²) < 4.78 is 8.97. The molecule has 6 heteroatoms. The Labute approximate surface area is 133 Å². The first kappa shape index (κ1) is 15.3. The van der Waals surface area contributed by atoms with Crippen LogP contribution in [0.2, 0.25) is 30.8 Å². The molecule has 0 aliphatic heterocycles. The van der Waals surface area contributed by atoms with Crippen molar-refractivity contribution in [3.63, 3.8) is 0 Å². The Morgan fingerprint density at radius 3 is 2.79 bits per heavy atom. The maximum atomic E-state index is 5.93. The van der Waals surface area contributed by atoms with Gasteiger partial charge in [-0.15, -0.1) is 0 Å². The van der Waals surface area contributed by atoms with Crippen LogP contribution in [0, 0.1) is 3.57 Å². The Kier molecular flexibility index (Phi) is 4.92. The summed E-state index contributed by atoms with van der Waals surface area (Å²) in [7, 11) is -1.02. The van der Waals surface area contributed by atoms with Gasteiger partial charge in [0.1, 0.15) is 17.4 Å². The zero-order valence-corrected chi connectivity index (χ0v) is 15.3. The molecule has 2 rings (SSSR count). The maximum Gasteiger partial charge on any atom is 0.129 e. The lowest BCUT2D eigenvalue weighted by atomic mass is 10.4. The Hall–Kier alpha value is -0.113. The first-order valence-electron chi connectivity index (χ1n) is 6.25. The van der Waals surface area contributed by atoms with E-state index in [-0.39, 0.29) is 0 Å². The molecule has 0 N–H and O–H groups in total. The van der Waals surface area contributed by atoms with Crippen LogP contribution in [0.3, 0.4) is 0 Å². The number of fused-ring (bicyclic) bond motifs is 1. The molecule has 0 unspecified atom stereocenters. The molecule has 2 aromatic rings. The van der Waals surface area contributed by atoms with Gasteiger partial charge in [0.25, 0.3) is 0 Å². The van der Waals surface area contributed by atoms with Crippen molar-refractivity contribution in [2.75, 3.05) is 6.61 Å². The Bertz CT molecular complexity index is 580. The van der Waals surface area contributed by atoms with Crippen molar-refractivity contribution in [3.05, 3.63) is 27.1 Å².